The van der Waals surface area contributed by atoms with Crippen LogP contribution >= 0.6 is 11.6 Å². The SMILES string of the molecule is C=CCC1=CC(n2c(=O)cc(C(F)(F)F)n(C)c2=O)=C(F)C(=O)C1Cl. The number of nitrogens with zero attached hydrogens (tertiary/aromatic N) is 2. The van der Waals surface area contributed by atoms with Crippen molar-refractivity contribution >= 4 is 23.1 Å². The first kappa shape index (κ1) is 18.9. The third-order valence-corrected chi connectivity index (χ3v) is 4.03. The van der Waals surface area contributed by atoms with E-state index in [1.54, 1.807) is 0 Å². The first-order valence-corrected chi connectivity index (χ1v) is 7.24. The zero-order valence-electron chi connectivity index (χ0n) is 12.7. The molecule has 1 aromatic rings. The second-order valence-corrected chi connectivity index (χ2v) is 5.62. The van der Waals surface area contributed by atoms with Gasteiger partial charge in [0.2, 0.25) is 5.78 Å². The minimum Gasteiger partial charge on any atom is -0.292 e. The third-order valence-electron chi connectivity index (χ3n) is 3.55. The van der Waals surface area contributed by atoms with Crippen LogP contribution < -0.4 is 11.2 Å². The lowest BCUT2D eigenvalue weighted by Crippen LogP contribution is -2.42. The van der Waals surface area contributed by atoms with Gasteiger partial charge in [-0.25, -0.2) is 13.8 Å². The van der Waals surface area contributed by atoms with Crippen molar-refractivity contribution in [1.82, 2.24) is 9.13 Å². The number of hydrogen-bond donors (Lipinski definition) is 0. The molecular weight excluding hydrogens is 368 g/mol. The molecule has 0 saturated heterocycles. The largest absolute Gasteiger partial charge is 0.431 e. The molecule has 1 aromatic heterocycles. The van der Waals surface area contributed by atoms with Crippen LogP contribution in [0, 0.1) is 0 Å². The Bertz CT molecular complexity index is 938. The molecule has 134 valence electrons. The van der Waals surface area contributed by atoms with Gasteiger partial charge in [0.15, 0.2) is 5.83 Å². The summed E-state index contributed by atoms with van der Waals surface area (Å²) in [5.74, 6) is -2.67. The minimum absolute atomic E-state index is 0.0619. The zero-order chi connectivity index (χ0) is 19.1. The van der Waals surface area contributed by atoms with Crippen LogP contribution in [0.25, 0.3) is 5.70 Å². The Labute approximate surface area is 143 Å². The van der Waals surface area contributed by atoms with E-state index in [2.05, 4.69) is 6.58 Å². The molecule has 0 fully saturated rings. The second kappa shape index (κ2) is 6.47. The fraction of sp³-hybridized carbons (Fsp3) is 0.267. The Morgan fingerprint density at radius 2 is 1.92 bits per heavy atom. The van der Waals surface area contributed by atoms with Gasteiger partial charge in [0, 0.05) is 13.1 Å². The van der Waals surface area contributed by atoms with Crippen molar-refractivity contribution in [1.29, 1.82) is 0 Å². The number of Topliss-reactive ketones (excluding diaryl/α,β-unsaturated/α-hetero) is 1. The summed E-state index contributed by atoms with van der Waals surface area (Å²) < 4.78 is 53.1. The number of allylic oxidation sites excluding steroid dienone is 5. The van der Waals surface area contributed by atoms with Gasteiger partial charge in [-0.15, -0.1) is 18.2 Å². The summed E-state index contributed by atoms with van der Waals surface area (Å²) in [6.45, 7) is 3.44. The summed E-state index contributed by atoms with van der Waals surface area (Å²) in [6.07, 6.45) is -2.53. The zero-order valence-corrected chi connectivity index (χ0v) is 13.5. The quantitative estimate of drug-likeness (QED) is 0.461. The Morgan fingerprint density at radius 1 is 1.32 bits per heavy atom. The van der Waals surface area contributed by atoms with E-state index in [4.69, 9.17) is 11.6 Å². The van der Waals surface area contributed by atoms with Crippen molar-refractivity contribution < 1.29 is 22.4 Å². The van der Waals surface area contributed by atoms with Crippen LogP contribution in [0.3, 0.4) is 0 Å². The molecule has 0 bridgehead atoms. The normalized spacial score (nSPS) is 18.4. The maximum absolute atomic E-state index is 14.3. The van der Waals surface area contributed by atoms with Crippen molar-refractivity contribution in [3.05, 3.63) is 62.7 Å². The molecule has 1 atom stereocenters. The van der Waals surface area contributed by atoms with Gasteiger partial charge in [-0.1, -0.05) is 6.08 Å². The van der Waals surface area contributed by atoms with E-state index in [1.807, 2.05) is 0 Å². The van der Waals surface area contributed by atoms with Crippen LogP contribution in [0.4, 0.5) is 17.6 Å². The monoisotopic (exact) mass is 378 g/mol. The minimum atomic E-state index is -4.95. The summed E-state index contributed by atoms with van der Waals surface area (Å²) in [5, 5.41) is -1.35. The van der Waals surface area contributed by atoms with Gasteiger partial charge < -0.3 is 0 Å². The molecule has 0 aromatic carbocycles. The van der Waals surface area contributed by atoms with Crippen LogP contribution in [-0.4, -0.2) is 20.3 Å². The number of ketones is 1. The van der Waals surface area contributed by atoms with Crippen LogP contribution in [0.1, 0.15) is 12.1 Å². The first-order valence-electron chi connectivity index (χ1n) is 6.80. The number of alkyl halides is 4. The van der Waals surface area contributed by atoms with E-state index in [-0.39, 0.29) is 27.2 Å². The highest BCUT2D eigenvalue weighted by atomic mass is 35.5. The van der Waals surface area contributed by atoms with E-state index < -0.39 is 45.8 Å². The van der Waals surface area contributed by atoms with Gasteiger partial charge in [-0.05, 0) is 18.1 Å². The molecule has 5 nitrogen and oxygen atoms in total. The third kappa shape index (κ3) is 3.23. The van der Waals surface area contributed by atoms with E-state index in [1.165, 1.54) is 6.08 Å². The van der Waals surface area contributed by atoms with Gasteiger partial charge in [-0.2, -0.15) is 13.2 Å². The summed E-state index contributed by atoms with van der Waals surface area (Å²) in [7, 11) is 0.781. The van der Waals surface area contributed by atoms with E-state index in [0.29, 0.717) is 0 Å². The lowest BCUT2D eigenvalue weighted by Gasteiger charge is -2.20. The van der Waals surface area contributed by atoms with Gasteiger partial charge in [0.05, 0.1) is 5.70 Å². The van der Waals surface area contributed by atoms with Gasteiger partial charge >= 0.3 is 11.9 Å². The van der Waals surface area contributed by atoms with Crippen molar-refractivity contribution in [2.45, 2.75) is 18.0 Å². The standard InChI is InChI=1S/C15H11ClF4N2O3/c1-3-4-7-5-8(12(17)13(24)11(7)16)22-10(23)6-9(15(18,19)20)21(2)14(22)25/h3,5-6,11H,1,4H2,2H3. The molecule has 1 unspecified atom stereocenters. The molecule has 0 amide bonds. The van der Waals surface area contributed by atoms with Crippen LogP contribution in [0.15, 0.2) is 45.8 Å². The van der Waals surface area contributed by atoms with Gasteiger partial charge in [0.1, 0.15) is 11.1 Å². The van der Waals surface area contributed by atoms with Crippen molar-refractivity contribution in [2.24, 2.45) is 7.05 Å². The topological polar surface area (TPSA) is 61.1 Å². The molecule has 2 rings (SSSR count). The predicted molar refractivity (Wildman–Crippen MR) is 82.8 cm³/mol. The second-order valence-electron chi connectivity index (χ2n) is 5.18. The Kier molecular flexibility index (Phi) is 4.90. The molecule has 0 N–H and O–H groups in total. The Hall–Kier alpha value is -2.42. The van der Waals surface area contributed by atoms with Crippen LogP contribution in [-0.2, 0) is 18.0 Å². The molecule has 0 radical (unpaired) electrons. The summed E-state index contributed by atoms with van der Waals surface area (Å²) in [5.41, 5.74) is -4.95. The number of carbonyl (C=O) groups excluding carboxylic acids is 1. The maximum Gasteiger partial charge on any atom is 0.431 e. The average Bonchev–Trinajstić information content (AvgIpc) is 2.52. The van der Waals surface area contributed by atoms with Gasteiger partial charge in [-0.3, -0.25) is 14.2 Å². The van der Waals surface area contributed by atoms with Crippen molar-refractivity contribution in [3.8, 4) is 0 Å². The highest BCUT2D eigenvalue weighted by molar-refractivity contribution is 6.37. The highest BCUT2D eigenvalue weighted by Crippen LogP contribution is 2.30. The molecule has 1 heterocycles. The van der Waals surface area contributed by atoms with Crippen LogP contribution in [0.2, 0.25) is 0 Å². The molecule has 1 aliphatic rings. The van der Waals surface area contributed by atoms with E-state index in [9.17, 15) is 31.9 Å². The molecule has 25 heavy (non-hydrogen) atoms. The maximum atomic E-state index is 14.3. The lowest BCUT2D eigenvalue weighted by atomic mass is 9.97. The number of aromatic nitrogens is 2. The number of carbonyl (C=O) groups is 1. The summed E-state index contributed by atoms with van der Waals surface area (Å²) >= 11 is 5.80. The van der Waals surface area contributed by atoms with Crippen molar-refractivity contribution in [2.75, 3.05) is 0 Å². The fourth-order valence-corrected chi connectivity index (χ4v) is 2.58. The van der Waals surface area contributed by atoms with E-state index >= 15 is 0 Å². The molecular formula is C15H11ClF4N2O3. The molecule has 0 saturated carbocycles. The molecule has 0 aliphatic heterocycles. The summed E-state index contributed by atoms with van der Waals surface area (Å²) in [6, 6.07) is 0.153. The van der Waals surface area contributed by atoms with Crippen LogP contribution in [0.5, 0.6) is 0 Å². The lowest BCUT2D eigenvalue weighted by molar-refractivity contribution is -0.144. The van der Waals surface area contributed by atoms with Gasteiger partial charge in [0.25, 0.3) is 5.56 Å². The molecule has 0 spiro atoms. The Morgan fingerprint density at radius 3 is 2.44 bits per heavy atom. The van der Waals surface area contributed by atoms with E-state index in [0.717, 1.165) is 13.1 Å². The summed E-state index contributed by atoms with van der Waals surface area (Å²) in [4.78, 5) is 36.1. The predicted octanol–water partition coefficient (Wildman–Crippen LogP) is 2.40. The molecule has 10 heteroatoms. The highest BCUT2D eigenvalue weighted by Gasteiger charge is 2.36. The Balaban J connectivity index is 2.80. The van der Waals surface area contributed by atoms with Crippen molar-refractivity contribution in [3.63, 3.8) is 0 Å². The number of rotatable bonds is 3. The number of halogens is 5. The average molecular weight is 379 g/mol. The molecule has 1 aliphatic carbocycles. The smallest absolute Gasteiger partial charge is 0.292 e. The number of hydrogen-bond acceptors (Lipinski definition) is 3. The first-order chi connectivity index (χ1) is 11.5. The fourth-order valence-electron chi connectivity index (χ4n) is 2.33.